The molecule has 0 atom stereocenters. The third-order valence-corrected chi connectivity index (χ3v) is 2.41. The van der Waals surface area contributed by atoms with Crippen LogP contribution in [-0.2, 0) is 0 Å². The zero-order valence-electron chi connectivity index (χ0n) is 10.3. The molecule has 0 aliphatic rings. The van der Waals surface area contributed by atoms with Gasteiger partial charge in [-0.25, -0.2) is 0 Å². The fourth-order valence-corrected chi connectivity index (χ4v) is 1.56. The van der Waals surface area contributed by atoms with Gasteiger partial charge in [0.25, 0.3) is 0 Å². The largest absolute Gasteiger partial charge is 0.507 e. The molecule has 0 fully saturated rings. The van der Waals surface area contributed by atoms with Gasteiger partial charge in [0, 0.05) is 17.7 Å². The van der Waals surface area contributed by atoms with Crippen molar-refractivity contribution >= 4 is 0 Å². The van der Waals surface area contributed by atoms with Crippen LogP contribution in [0.5, 0.6) is 17.4 Å². The Bertz CT molecular complexity index is 526. The quantitative estimate of drug-likeness (QED) is 0.896. The van der Waals surface area contributed by atoms with Crippen molar-refractivity contribution in [3.8, 4) is 28.6 Å². The van der Waals surface area contributed by atoms with E-state index in [1.165, 1.54) is 7.11 Å². The van der Waals surface area contributed by atoms with Gasteiger partial charge in [0.1, 0.15) is 11.5 Å². The lowest BCUT2D eigenvalue weighted by molar-refractivity contribution is 0.338. The molecule has 2 aromatic rings. The molecule has 94 valence electrons. The predicted octanol–water partition coefficient (Wildman–Crippen LogP) is 2.26. The van der Waals surface area contributed by atoms with Crippen LogP contribution in [0.1, 0.15) is 6.92 Å². The van der Waals surface area contributed by atoms with E-state index in [1.807, 2.05) is 6.92 Å². The number of ether oxygens (including phenoxy) is 2. The summed E-state index contributed by atoms with van der Waals surface area (Å²) in [5.41, 5.74) is 1.19. The zero-order valence-corrected chi connectivity index (χ0v) is 10.3. The summed E-state index contributed by atoms with van der Waals surface area (Å²) >= 11 is 0. The van der Waals surface area contributed by atoms with Gasteiger partial charge in [-0.1, -0.05) is 0 Å². The van der Waals surface area contributed by atoms with Crippen molar-refractivity contribution in [1.29, 1.82) is 0 Å². The van der Waals surface area contributed by atoms with Crippen LogP contribution in [0.4, 0.5) is 0 Å². The monoisotopic (exact) mass is 246 g/mol. The van der Waals surface area contributed by atoms with Crippen molar-refractivity contribution in [3.63, 3.8) is 0 Å². The van der Waals surface area contributed by atoms with Gasteiger partial charge < -0.3 is 14.6 Å². The molecule has 0 radical (unpaired) electrons. The van der Waals surface area contributed by atoms with Crippen molar-refractivity contribution in [2.75, 3.05) is 13.7 Å². The van der Waals surface area contributed by atoms with E-state index < -0.39 is 0 Å². The Morgan fingerprint density at radius 1 is 1.17 bits per heavy atom. The molecule has 0 bridgehead atoms. The summed E-state index contributed by atoms with van der Waals surface area (Å²) in [4.78, 5) is 0. The van der Waals surface area contributed by atoms with Gasteiger partial charge in [0.2, 0.25) is 5.88 Å². The summed E-state index contributed by atoms with van der Waals surface area (Å²) in [6, 6.07) is 8.52. The average Bonchev–Trinajstić information content (AvgIpc) is 2.40. The summed E-state index contributed by atoms with van der Waals surface area (Å²) in [5.74, 6) is 1.17. The number of rotatable bonds is 4. The molecule has 0 saturated heterocycles. The predicted molar refractivity (Wildman–Crippen MR) is 66.9 cm³/mol. The molecule has 1 heterocycles. The van der Waals surface area contributed by atoms with E-state index >= 15 is 0 Å². The lowest BCUT2D eigenvalue weighted by atomic mass is 10.1. The van der Waals surface area contributed by atoms with Crippen LogP contribution in [0.15, 0.2) is 30.3 Å². The van der Waals surface area contributed by atoms with Crippen LogP contribution in [0, 0.1) is 0 Å². The third kappa shape index (κ3) is 2.51. The van der Waals surface area contributed by atoms with Crippen molar-refractivity contribution in [3.05, 3.63) is 30.3 Å². The smallest absolute Gasteiger partial charge is 0.233 e. The zero-order chi connectivity index (χ0) is 13.0. The van der Waals surface area contributed by atoms with Crippen molar-refractivity contribution in [2.24, 2.45) is 0 Å². The Balaban J connectivity index is 2.32. The van der Waals surface area contributed by atoms with Gasteiger partial charge in [-0.3, -0.25) is 0 Å². The first-order chi connectivity index (χ1) is 8.74. The molecule has 18 heavy (non-hydrogen) atoms. The molecule has 5 nitrogen and oxygen atoms in total. The number of nitrogens with zero attached hydrogens (tertiary/aromatic N) is 2. The molecule has 5 heteroatoms. The van der Waals surface area contributed by atoms with E-state index in [-0.39, 0.29) is 5.75 Å². The lowest BCUT2D eigenvalue weighted by Crippen LogP contribution is -1.94. The molecule has 0 spiro atoms. The Morgan fingerprint density at radius 2 is 2.00 bits per heavy atom. The van der Waals surface area contributed by atoms with Gasteiger partial charge in [-0.05, 0) is 25.1 Å². The van der Waals surface area contributed by atoms with E-state index in [4.69, 9.17) is 9.47 Å². The molecule has 2 rings (SSSR count). The molecule has 1 aromatic carbocycles. The van der Waals surface area contributed by atoms with E-state index in [9.17, 15) is 5.11 Å². The van der Waals surface area contributed by atoms with Crippen LogP contribution in [-0.4, -0.2) is 29.0 Å². The first-order valence-electron chi connectivity index (χ1n) is 5.58. The van der Waals surface area contributed by atoms with Gasteiger partial charge in [-0.2, -0.15) is 0 Å². The molecule has 0 aliphatic heterocycles. The highest BCUT2D eigenvalue weighted by Gasteiger charge is 2.08. The minimum absolute atomic E-state index is 0.111. The van der Waals surface area contributed by atoms with Crippen LogP contribution in [0.25, 0.3) is 11.3 Å². The molecular weight excluding hydrogens is 232 g/mol. The molecule has 0 saturated carbocycles. The molecule has 1 N–H and O–H groups in total. The maximum Gasteiger partial charge on any atom is 0.233 e. The minimum Gasteiger partial charge on any atom is -0.507 e. The number of hydrogen-bond donors (Lipinski definition) is 1. The van der Waals surface area contributed by atoms with E-state index in [1.54, 1.807) is 30.3 Å². The first-order valence-corrected chi connectivity index (χ1v) is 5.58. The molecular formula is C13H14N2O3. The SMILES string of the molecule is CCOc1ccc(-c2ccc(OC)nn2)c(O)c1. The average molecular weight is 246 g/mol. The van der Waals surface area contributed by atoms with E-state index in [2.05, 4.69) is 10.2 Å². The second kappa shape index (κ2) is 5.35. The van der Waals surface area contributed by atoms with E-state index in [0.717, 1.165) is 0 Å². The summed E-state index contributed by atoms with van der Waals surface area (Å²) in [6.45, 7) is 2.45. The second-order valence-electron chi connectivity index (χ2n) is 3.57. The van der Waals surface area contributed by atoms with Crippen molar-refractivity contribution in [1.82, 2.24) is 10.2 Å². The van der Waals surface area contributed by atoms with Gasteiger partial charge in [-0.15, -0.1) is 10.2 Å². The Kier molecular flexibility index (Phi) is 3.62. The number of phenols is 1. The van der Waals surface area contributed by atoms with Crippen molar-refractivity contribution < 1.29 is 14.6 Å². The number of aromatic nitrogens is 2. The highest BCUT2D eigenvalue weighted by atomic mass is 16.5. The number of aromatic hydroxyl groups is 1. The van der Waals surface area contributed by atoms with Crippen LogP contribution < -0.4 is 9.47 Å². The van der Waals surface area contributed by atoms with Crippen LogP contribution in [0.3, 0.4) is 0 Å². The number of methoxy groups -OCH3 is 1. The maximum absolute atomic E-state index is 9.92. The summed E-state index contributed by atoms with van der Waals surface area (Å²) in [7, 11) is 1.53. The van der Waals surface area contributed by atoms with Crippen LogP contribution >= 0.6 is 0 Å². The van der Waals surface area contributed by atoms with Gasteiger partial charge in [0.15, 0.2) is 0 Å². The van der Waals surface area contributed by atoms with Crippen LogP contribution in [0.2, 0.25) is 0 Å². The molecule has 0 aliphatic carbocycles. The van der Waals surface area contributed by atoms with E-state index in [0.29, 0.717) is 29.5 Å². The fraction of sp³-hybridized carbons (Fsp3) is 0.231. The Labute approximate surface area is 105 Å². The standard InChI is InChI=1S/C13H14N2O3/c1-3-18-9-4-5-10(12(16)8-9)11-6-7-13(17-2)15-14-11/h4-8,16H,3H2,1-2H3. The third-order valence-electron chi connectivity index (χ3n) is 2.41. The van der Waals surface area contributed by atoms with Gasteiger partial charge in [0.05, 0.1) is 19.4 Å². The molecule has 0 amide bonds. The molecule has 1 aromatic heterocycles. The summed E-state index contributed by atoms with van der Waals surface area (Å²) in [5, 5.41) is 17.8. The lowest BCUT2D eigenvalue weighted by Gasteiger charge is -2.07. The number of hydrogen-bond acceptors (Lipinski definition) is 5. The number of phenolic OH excluding ortho intramolecular Hbond substituents is 1. The normalized spacial score (nSPS) is 10.1. The highest BCUT2D eigenvalue weighted by molar-refractivity contribution is 5.67. The first kappa shape index (κ1) is 12.2. The Morgan fingerprint density at radius 3 is 2.56 bits per heavy atom. The fourth-order valence-electron chi connectivity index (χ4n) is 1.56. The summed E-state index contributed by atoms with van der Waals surface area (Å²) in [6.07, 6.45) is 0. The summed E-state index contributed by atoms with van der Waals surface area (Å²) < 4.78 is 10.2. The van der Waals surface area contributed by atoms with Crippen molar-refractivity contribution in [2.45, 2.75) is 6.92 Å². The topological polar surface area (TPSA) is 64.5 Å². The second-order valence-corrected chi connectivity index (χ2v) is 3.57. The highest BCUT2D eigenvalue weighted by Crippen LogP contribution is 2.31. The Hall–Kier alpha value is -2.30. The minimum atomic E-state index is 0.111. The number of benzene rings is 1. The van der Waals surface area contributed by atoms with Gasteiger partial charge >= 0.3 is 0 Å². The molecule has 0 unspecified atom stereocenters. The maximum atomic E-state index is 9.92.